The van der Waals surface area contributed by atoms with E-state index in [4.69, 9.17) is 21.0 Å². The number of carbonyl (C=O) groups is 2. The Morgan fingerprint density at radius 2 is 2.07 bits per heavy atom. The van der Waals surface area contributed by atoms with Crippen molar-refractivity contribution in [3.05, 3.63) is 53.2 Å². The van der Waals surface area contributed by atoms with Crippen LogP contribution < -0.4 is 31.4 Å². The van der Waals surface area contributed by atoms with E-state index in [1.165, 1.54) is 19.2 Å². The summed E-state index contributed by atoms with van der Waals surface area (Å²) in [5.41, 5.74) is 13.0. The van der Waals surface area contributed by atoms with E-state index in [1.807, 2.05) is 42.1 Å². The first-order chi connectivity index (χ1) is 21.8. The number of rotatable bonds is 12. The van der Waals surface area contributed by atoms with Gasteiger partial charge in [0.1, 0.15) is 23.6 Å². The Kier molecular flexibility index (Phi) is 9.45. The van der Waals surface area contributed by atoms with E-state index in [-0.39, 0.29) is 29.2 Å². The van der Waals surface area contributed by atoms with Crippen LogP contribution in [0, 0.1) is 0 Å². The second kappa shape index (κ2) is 13.2. The molecule has 0 aliphatic carbocycles. The zero-order chi connectivity index (χ0) is 33.2. The number of nitrogen functional groups attached to an aromatic ring is 1. The number of ether oxygens (including phenoxy) is 1. The molecule has 4 heterocycles. The molecule has 246 valence electrons. The van der Waals surface area contributed by atoms with Gasteiger partial charge in [-0.1, -0.05) is 11.2 Å². The van der Waals surface area contributed by atoms with E-state index in [1.54, 1.807) is 0 Å². The number of amides is 2. The zero-order valence-corrected chi connectivity index (χ0v) is 26.9. The molecule has 2 aromatic heterocycles. The number of aromatic nitrogens is 2. The minimum absolute atomic E-state index is 0.0154. The fraction of sp³-hybridized carbons (Fsp3) is 0.393. The van der Waals surface area contributed by atoms with E-state index >= 15 is 0 Å². The average molecular weight is 675 g/mol. The van der Waals surface area contributed by atoms with Crippen molar-refractivity contribution in [2.75, 3.05) is 30.7 Å². The molecule has 16 nitrogen and oxygen atoms in total. The molecule has 1 fully saturated rings. The van der Waals surface area contributed by atoms with Gasteiger partial charge in [0.25, 0.3) is 17.6 Å². The van der Waals surface area contributed by atoms with Crippen LogP contribution in [0.2, 0.25) is 0 Å². The summed E-state index contributed by atoms with van der Waals surface area (Å²) in [6, 6.07) is 8.84. The Hall–Kier alpha value is -4.36. The maximum atomic E-state index is 13.2. The second-order valence-corrected chi connectivity index (χ2v) is 13.1. The Labute approximate surface area is 269 Å². The van der Waals surface area contributed by atoms with Crippen molar-refractivity contribution < 1.29 is 41.0 Å². The quantitative estimate of drug-likeness (QED) is 0.0505. The van der Waals surface area contributed by atoms with Crippen molar-refractivity contribution in [2.45, 2.75) is 44.4 Å². The molecule has 2 atom stereocenters. The number of carbonyl (C=O) groups excluding carboxylic acids is 2. The number of pyridine rings is 1. The largest absolute Gasteiger partial charge is 0.724 e. The van der Waals surface area contributed by atoms with Crippen molar-refractivity contribution in [1.82, 2.24) is 15.4 Å². The predicted octanol–water partition coefficient (Wildman–Crippen LogP) is 0.199. The monoisotopic (exact) mass is 674 g/mol. The van der Waals surface area contributed by atoms with Gasteiger partial charge in [0.2, 0.25) is 10.4 Å². The Balaban J connectivity index is 1.23. The van der Waals surface area contributed by atoms with E-state index in [0.717, 1.165) is 46.0 Å². The van der Waals surface area contributed by atoms with Crippen LogP contribution in [-0.4, -0.2) is 77.9 Å². The molecule has 46 heavy (non-hydrogen) atoms. The molecule has 0 unspecified atom stereocenters. The summed E-state index contributed by atoms with van der Waals surface area (Å²) in [7, 11) is -3.23. The van der Waals surface area contributed by atoms with Gasteiger partial charge in [0, 0.05) is 23.6 Å². The fourth-order valence-electron chi connectivity index (χ4n) is 5.11. The first-order valence-electron chi connectivity index (χ1n) is 14.2. The van der Waals surface area contributed by atoms with Crippen molar-refractivity contribution >= 4 is 50.2 Å². The molecule has 1 saturated heterocycles. The molecule has 2 aliphatic rings. The lowest BCUT2D eigenvalue weighted by molar-refractivity contribution is -0.656. The number of hydrogen-bond donors (Lipinski definition) is 4. The molecule has 2 amide bonds. The Bertz CT molecular complexity index is 1780. The summed E-state index contributed by atoms with van der Waals surface area (Å²) < 4.78 is 45.4. The van der Waals surface area contributed by atoms with Crippen LogP contribution in [0.25, 0.3) is 11.1 Å². The zero-order valence-electron chi connectivity index (χ0n) is 25.3. The molecule has 2 aliphatic heterocycles. The van der Waals surface area contributed by atoms with E-state index in [2.05, 4.69) is 31.1 Å². The highest BCUT2D eigenvalue weighted by Gasteiger charge is 2.57. The highest BCUT2D eigenvalue weighted by atomic mass is 32.3. The number of nitrogens with one attached hydrogen (secondary N) is 2. The lowest BCUT2D eigenvalue weighted by Gasteiger charge is -2.51. The summed E-state index contributed by atoms with van der Waals surface area (Å²) in [5, 5.41) is 11.8. The first-order valence-corrected chi connectivity index (χ1v) is 16.4. The number of benzene rings is 1. The highest BCUT2D eigenvalue weighted by Crippen LogP contribution is 2.34. The van der Waals surface area contributed by atoms with Crippen LogP contribution in [0.4, 0.5) is 10.9 Å². The maximum Gasteiger partial charge on any atom is 0.276 e. The summed E-state index contributed by atoms with van der Waals surface area (Å²) in [5.74, 6) is -0.0740. The third-order valence-corrected chi connectivity index (χ3v) is 8.53. The third kappa shape index (κ3) is 7.20. The normalized spacial score (nSPS) is 19.1. The van der Waals surface area contributed by atoms with Crippen molar-refractivity contribution in [3.8, 4) is 16.9 Å². The van der Waals surface area contributed by atoms with Gasteiger partial charge in [-0.2, -0.15) is 9.35 Å². The third-order valence-electron chi connectivity index (χ3n) is 7.52. The molecule has 18 heteroatoms. The second-order valence-electron chi connectivity index (χ2n) is 11.2. The predicted molar refractivity (Wildman–Crippen MR) is 166 cm³/mol. The SMILES string of the molecule is C[n+]1cc(-c2ccc3c(c2)CC[C@@H](CO/N=C(\C(=O)N[C@H]2C(=O)N(OS(=O)(=O)[O-])C2(C)C)c2csc(N)n2)O3)ccc1NCCN. The van der Waals surface area contributed by atoms with Crippen LogP contribution in [0.3, 0.4) is 0 Å². The molecule has 3 aromatic rings. The Morgan fingerprint density at radius 3 is 2.72 bits per heavy atom. The Morgan fingerprint density at radius 1 is 1.30 bits per heavy atom. The topological polar surface area (TPSA) is 228 Å². The molecule has 5 rings (SSSR count). The number of β-lactam (4-membered cyclic amide) rings is 1. The molecular weight excluding hydrogens is 640 g/mol. The van der Waals surface area contributed by atoms with Gasteiger partial charge >= 0.3 is 0 Å². The molecule has 6 N–H and O–H groups in total. The lowest BCUT2D eigenvalue weighted by atomic mass is 9.84. The number of fused-ring (bicyclic) bond motifs is 1. The van der Waals surface area contributed by atoms with Crippen molar-refractivity contribution in [2.24, 2.45) is 17.9 Å². The van der Waals surface area contributed by atoms with Gasteiger partial charge in [-0.15, -0.1) is 11.3 Å². The van der Waals surface area contributed by atoms with Crippen LogP contribution >= 0.6 is 11.3 Å². The lowest BCUT2D eigenvalue weighted by Crippen LogP contribution is -2.76. The van der Waals surface area contributed by atoms with Crippen molar-refractivity contribution in [3.63, 3.8) is 0 Å². The fourth-order valence-corrected chi connectivity index (χ4v) is 6.10. The number of aryl methyl sites for hydroxylation is 2. The number of thiazole rings is 1. The highest BCUT2D eigenvalue weighted by molar-refractivity contribution is 7.80. The average Bonchev–Trinajstić information content (AvgIpc) is 3.44. The molecule has 0 saturated carbocycles. The summed E-state index contributed by atoms with van der Waals surface area (Å²) >= 11 is 1.07. The number of anilines is 2. The van der Waals surface area contributed by atoms with Crippen LogP contribution in [0.15, 0.2) is 47.1 Å². The first kappa shape index (κ1) is 33.0. The molecule has 0 spiro atoms. The van der Waals surface area contributed by atoms with Gasteiger partial charge < -0.3 is 30.9 Å². The summed E-state index contributed by atoms with van der Waals surface area (Å²) in [4.78, 5) is 35.4. The molecule has 0 bridgehead atoms. The summed E-state index contributed by atoms with van der Waals surface area (Å²) in [6.07, 6.45) is 3.06. The van der Waals surface area contributed by atoms with E-state index < -0.39 is 33.8 Å². The van der Waals surface area contributed by atoms with E-state index in [9.17, 15) is 22.6 Å². The van der Waals surface area contributed by atoms with E-state index in [0.29, 0.717) is 24.6 Å². The molecule has 0 radical (unpaired) electrons. The van der Waals surface area contributed by atoms with Crippen molar-refractivity contribution in [1.29, 1.82) is 0 Å². The van der Waals surface area contributed by atoms with Gasteiger partial charge in [0.05, 0.1) is 25.3 Å². The van der Waals surface area contributed by atoms with Crippen LogP contribution in [0.5, 0.6) is 5.75 Å². The number of hydroxylamine groups is 2. The van der Waals surface area contributed by atoms with Crippen LogP contribution in [-0.2, 0) is 42.6 Å². The minimum Gasteiger partial charge on any atom is -0.724 e. The smallest absolute Gasteiger partial charge is 0.276 e. The summed E-state index contributed by atoms with van der Waals surface area (Å²) in [6.45, 7) is 4.07. The molecular formula is C28H34N8O8S2. The van der Waals surface area contributed by atoms with Crippen LogP contribution in [0.1, 0.15) is 31.5 Å². The van der Waals surface area contributed by atoms with Gasteiger partial charge in [-0.25, -0.2) is 18.0 Å². The number of oxime groups is 1. The standard InChI is InChI=1S/C28H34N8O8S2/c1-28(2)24(26(38)36(28)44-46(39,40)41)33-25(37)23(20-15-45-27(30)32-20)34-42-14-19-7-4-17-12-16(5-8-21(17)43-19)18-6-9-22(31-11-10-29)35(3)13-18/h5-6,8-9,12-13,15,19,24H,4,7,10-11,14,29H2,1-3H3,(H4,30,32,33,37,39,40,41)/b34-23-/t19-,24-/m0/s1. The number of hydrogen-bond acceptors (Lipinski definition) is 14. The number of nitrogens with two attached hydrogens (primary N) is 2. The number of nitrogens with zero attached hydrogens (tertiary/aromatic N) is 4. The van der Waals surface area contributed by atoms with Gasteiger partial charge in [-0.05, 0) is 56.0 Å². The van der Waals surface area contributed by atoms with Gasteiger partial charge in [0.15, 0.2) is 17.5 Å². The minimum atomic E-state index is -5.20. The molecule has 1 aromatic carbocycles. The van der Waals surface area contributed by atoms with Gasteiger partial charge in [-0.3, -0.25) is 14.9 Å². The maximum absolute atomic E-state index is 13.2.